The zero-order valence-corrected chi connectivity index (χ0v) is 11.5. The second-order valence-corrected chi connectivity index (χ2v) is 4.74. The van der Waals surface area contributed by atoms with Gasteiger partial charge in [-0.1, -0.05) is 0 Å². The molecule has 0 radical (unpaired) electrons. The molecule has 7 heteroatoms. The van der Waals surface area contributed by atoms with Crippen molar-refractivity contribution in [2.24, 2.45) is 0 Å². The van der Waals surface area contributed by atoms with E-state index in [1.54, 1.807) is 12.1 Å². The van der Waals surface area contributed by atoms with Crippen LogP contribution in [0.1, 0.15) is 5.76 Å². The van der Waals surface area contributed by atoms with Crippen molar-refractivity contribution in [3.8, 4) is 5.75 Å². The van der Waals surface area contributed by atoms with Gasteiger partial charge in [0.2, 0.25) is 5.91 Å². The van der Waals surface area contributed by atoms with Crippen molar-refractivity contribution < 1.29 is 23.1 Å². The summed E-state index contributed by atoms with van der Waals surface area (Å²) in [6, 6.07) is 7.29. The first-order valence-electron chi connectivity index (χ1n) is 6.65. The van der Waals surface area contributed by atoms with Crippen molar-refractivity contribution in [3.63, 3.8) is 0 Å². The molecule has 2 aromatic rings. The van der Waals surface area contributed by atoms with Gasteiger partial charge in [0, 0.05) is 6.07 Å². The summed E-state index contributed by atoms with van der Waals surface area (Å²) >= 11 is 0. The summed E-state index contributed by atoms with van der Waals surface area (Å²) in [7, 11) is 0. The number of amides is 2. The predicted octanol–water partition coefficient (Wildman–Crippen LogP) is 1.46. The van der Waals surface area contributed by atoms with Crippen molar-refractivity contribution in [3.05, 3.63) is 48.2 Å². The molecule has 1 aromatic carbocycles. The molecule has 0 saturated carbocycles. The number of benzene rings is 1. The van der Waals surface area contributed by atoms with E-state index in [1.165, 1.54) is 29.4 Å². The summed E-state index contributed by atoms with van der Waals surface area (Å²) in [6.07, 6.45) is 1.51. The Kier molecular flexibility index (Phi) is 3.78. The highest BCUT2D eigenvalue weighted by molar-refractivity contribution is 6.02. The lowest BCUT2D eigenvalue weighted by Crippen LogP contribution is -2.45. The summed E-state index contributed by atoms with van der Waals surface area (Å²) in [5, 5.41) is 2.64. The second-order valence-electron chi connectivity index (χ2n) is 4.74. The molecule has 1 aliphatic heterocycles. The average Bonchev–Trinajstić information content (AvgIpc) is 3.02. The number of halogens is 1. The molecule has 0 saturated heterocycles. The van der Waals surface area contributed by atoms with E-state index < -0.39 is 11.7 Å². The lowest BCUT2D eigenvalue weighted by Gasteiger charge is -2.28. The Balaban J connectivity index is 1.70. The van der Waals surface area contributed by atoms with E-state index in [2.05, 4.69) is 5.32 Å². The van der Waals surface area contributed by atoms with Gasteiger partial charge in [-0.25, -0.2) is 4.39 Å². The molecule has 1 N–H and O–H groups in total. The summed E-state index contributed by atoms with van der Waals surface area (Å²) < 4.78 is 23.7. The number of furan rings is 1. The van der Waals surface area contributed by atoms with Gasteiger partial charge in [0.1, 0.15) is 23.9 Å². The van der Waals surface area contributed by atoms with Crippen molar-refractivity contribution >= 4 is 17.5 Å². The number of nitrogens with one attached hydrogen (secondary N) is 1. The minimum absolute atomic E-state index is 0.176. The fourth-order valence-corrected chi connectivity index (χ4v) is 2.15. The quantitative estimate of drug-likeness (QED) is 0.928. The van der Waals surface area contributed by atoms with E-state index in [-0.39, 0.29) is 31.3 Å². The molecule has 0 fully saturated rings. The third-order valence-electron chi connectivity index (χ3n) is 3.21. The Bertz CT molecular complexity index is 700. The fourth-order valence-electron chi connectivity index (χ4n) is 2.15. The third-order valence-corrected chi connectivity index (χ3v) is 3.21. The van der Waals surface area contributed by atoms with Crippen LogP contribution in [-0.4, -0.2) is 25.0 Å². The summed E-state index contributed by atoms with van der Waals surface area (Å²) in [4.78, 5) is 25.1. The molecule has 1 aliphatic rings. The van der Waals surface area contributed by atoms with Crippen molar-refractivity contribution in [2.75, 3.05) is 18.1 Å². The molecule has 0 spiro atoms. The van der Waals surface area contributed by atoms with Gasteiger partial charge in [0.15, 0.2) is 6.61 Å². The van der Waals surface area contributed by atoms with Gasteiger partial charge in [0.25, 0.3) is 5.91 Å². The monoisotopic (exact) mass is 304 g/mol. The number of carbonyl (C=O) groups is 2. The van der Waals surface area contributed by atoms with Crippen LogP contribution < -0.4 is 15.0 Å². The molecule has 114 valence electrons. The SMILES string of the molecule is O=C(CN1C(=O)COc2ccc(F)cc21)NCc1ccco1. The molecule has 0 atom stereocenters. The van der Waals surface area contributed by atoms with Crippen LogP contribution in [-0.2, 0) is 16.1 Å². The van der Waals surface area contributed by atoms with Crippen LogP contribution in [0, 0.1) is 5.82 Å². The van der Waals surface area contributed by atoms with Crippen LogP contribution in [0.3, 0.4) is 0 Å². The van der Waals surface area contributed by atoms with Crippen molar-refractivity contribution in [2.45, 2.75) is 6.54 Å². The molecule has 2 heterocycles. The summed E-state index contributed by atoms with van der Waals surface area (Å²) in [5.74, 6) is -0.293. The van der Waals surface area contributed by atoms with Gasteiger partial charge >= 0.3 is 0 Å². The maximum atomic E-state index is 13.4. The zero-order valence-electron chi connectivity index (χ0n) is 11.5. The predicted molar refractivity (Wildman–Crippen MR) is 74.8 cm³/mol. The van der Waals surface area contributed by atoms with Crippen LogP contribution in [0.15, 0.2) is 41.0 Å². The Morgan fingerprint density at radius 2 is 2.23 bits per heavy atom. The first-order valence-corrected chi connectivity index (χ1v) is 6.65. The number of carbonyl (C=O) groups excluding carboxylic acids is 2. The van der Waals surface area contributed by atoms with E-state index in [9.17, 15) is 14.0 Å². The van der Waals surface area contributed by atoms with E-state index in [1.807, 2.05) is 0 Å². The standard InChI is InChI=1S/C15H13FN2O4/c16-10-3-4-13-12(6-10)18(15(20)9-22-13)8-14(19)17-7-11-2-1-5-21-11/h1-6H,7-9H2,(H,17,19). The van der Waals surface area contributed by atoms with Crippen LogP contribution in [0.25, 0.3) is 0 Å². The molecule has 22 heavy (non-hydrogen) atoms. The summed E-state index contributed by atoms with van der Waals surface area (Å²) in [5.41, 5.74) is 0.254. The van der Waals surface area contributed by atoms with Crippen molar-refractivity contribution in [1.29, 1.82) is 0 Å². The Labute approximate surface area is 125 Å². The molecule has 0 aliphatic carbocycles. The number of fused-ring (bicyclic) bond motifs is 1. The zero-order chi connectivity index (χ0) is 15.5. The normalized spacial score (nSPS) is 13.5. The topological polar surface area (TPSA) is 71.8 Å². The Morgan fingerprint density at radius 3 is 3.00 bits per heavy atom. The van der Waals surface area contributed by atoms with E-state index in [0.717, 1.165) is 0 Å². The first-order chi connectivity index (χ1) is 10.6. The Morgan fingerprint density at radius 1 is 1.36 bits per heavy atom. The molecule has 6 nitrogen and oxygen atoms in total. The van der Waals surface area contributed by atoms with Crippen LogP contribution in [0.5, 0.6) is 5.75 Å². The number of nitrogens with zero attached hydrogens (tertiary/aromatic N) is 1. The van der Waals surface area contributed by atoms with Gasteiger partial charge in [-0.2, -0.15) is 0 Å². The molecule has 0 unspecified atom stereocenters. The van der Waals surface area contributed by atoms with E-state index in [0.29, 0.717) is 11.5 Å². The second kappa shape index (κ2) is 5.88. The summed E-state index contributed by atoms with van der Waals surface area (Å²) in [6.45, 7) is -0.163. The first kappa shape index (κ1) is 14.1. The average molecular weight is 304 g/mol. The number of rotatable bonds is 4. The van der Waals surface area contributed by atoms with Crippen LogP contribution in [0.2, 0.25) is 0 Å². The maximum Gasteiger partial charge on any atom is 0.265 e. The minimum atomic E-state index is -0.502. The van der Waals surface area contributed by atoms with Gasteiger partial charge < -0.3 is 14.5 Å². The highest BCUT2D eigenvalue weighted by atomic mass is 19.1. The van der Waals surface area contributed by atoms with Crippen molar-refractivity contribution in [1.82, 2.24) is 5.32 Å². The smallest absolute Gasteiger partial charge is 0.265 e. The lowest BCUT2D eigenvalue weighted by atomic mass is 10.2. The van der Waals surface area contributed by atoms with Gasteiger partial charge in [0.05, 0.1) is 18.5 Å². The van der Waals surface area contributed by atoms with E-state index >= 15 is 0 Å². The van der Waals surface area contributed by atoms with E-state index in [4.69, 9.17) is 9.15 Å². The van der Waals surface area contributed by atoms with Gasteiger partial charge in [-0.3, -0.25) is 14.5 Å². The van der Waals surface area contributed by atoms with Crippen LogP contribution >= 0.6 is 0 Å². The lowest BCUT2D eigenvalue weighted by molar-refractivity contribution is -0.125. The maximum absolute atomic E-state index is 13.4. The molecule has 1 aromatic heterocycles. The van der Waals surface area contributed by atoms with Gasteiger partial charge in [-0.15, -0.1) is 0 Å². The molecule has 0 bridgehead atoms. The third kappa shape index (κ3) is 2.93. The molecule has 3 rings (SSSR count). The number of hydrogen-bond acceptors (Lipinski definition) is 4. The molecule has 2 amide bonds. The highest BCUT2D eigenvalue weighted by Crippen LogP contribution is 2.32. The van der Waals surface area contributed by atoms with Gasteiger partial charge in [-0.05, 0) is 24.3 Å². The fraction of sp³-hybridized carbons (Fsp3) is 0.200. The number of ether oxygens (including phenoxy) is 1. The minimum Gasteiger partial charge on any atom is -0.482 e. The number of hydrogen-bond donors (Lipinski definition) is 1. The largest absolute Gasteiger partial charge is 0.482 e. The Hall–Kier alpha value is -2.83. The number of anilines is 1. The molecular formula is C15H13FN2O4. The van der Waals surface area contributed by atoms with Crippen LogP contribution in [0.4, 0.5) is 10.1 Å². The molecular weight excluding hydrogens is 291 g/mol. The highest BCUT2D eigenvalue weighted by Gasteiger charge is 2.27.